The van der Waals surface area contributed by atoms with E-state index in [0.29, 0.717) is 0 Å². The summed E-state index contributed by atoms with van der Waals surface area (Å²) < 4.78 is 10.8. The molecule has 0 spiro atoms. The number of benzene rings is 2. The van der Waals surface area contributed by atoms with Crippen LogP contribution in [0.1, 0.15) is 16.6 Å². The third-order valence-electron chi connectivity index (χ3n) is 3.28. The highest BCUT2D eigenvalue weighted by molar-refractivity contribution is 6.02. The van der Waals surface area contributed by atoms with Crippen molar-refractivity contribution >= 4 is 5.78 Å². The molecule has 2 aromatic carbocycles. The van der Waals surface area contributed by atoms with E-state index in [-0.39, 0.29) is 23.6 Å². The Hall–Kier alpha value is -3.61. The molecule has 0 aliphatic heterocycles. The molecule has 0 atom stereocenters. The fraction of sp³-hybridized carbons (Fsp3) is 0. The number of carbonyl (C=O) groups excluding carboxylic acids is 1. The van der Waals surface area contributed by atoms with E-state index < -0.39 is 5.78 Å². The lowest BCUT2D eigenvalue weighted by Crippen LogP contribution is -2.02. The number of nitrogens with zero attached hydrogens (tertiary/aromatic N) is 4. The molecule has 0 saturated carbocycles. The molecule has 7 heteroatoms. The van der Waals surface area contributed by atoms with Crippen LogP contribution >= 0.6 is 0 Å². The summed E-state index contributed by atoms with van der Waals surface area (Å²) in [6, 6.07) is 18.3. The van der Waals surface area contributed by atoms with Gasteiger partial charge in [-0.05, 0) is 24.3 Å². The summed E-state index contributed by atoms with van der Waals surface area (Å²) in [5.41, 5.74) is 1.44. The normalized spacial score (nSPS) is 10.7. The Morgan fingerprint density at radius 2 is 1.04 bits per heavy atom. The van der Waals surface area contributed by atoms with Crippen LogP contribution in [0.3, 0.4) is 0 Å². The number of carbonyl (C=O) groups is 1. The zero-order valence-electron chi connectivity index (χ0n) is 12.3. The molecule has 0 fully saturated rings. The van der Waals surface area contributed by atoms with E-state index in [2.05, 4.69) is 20.4 Å². The molecule has 4 rings (SSSR count). The van der Waals surface area contributed by atoms with Gasteiger partial charge in [0.25, 0.3) is 11.8 Å². The van der Waals surface area contributed by atoms with Gasteiger partial charge in [-0.3, -0.25) is 4.79 Å². The van der Waals surface area contributed by atoms with Crippen LogP contribution in [-0.2, 0) is 0 Å². The van der Waals surface area contributed by atoms with Crippen molar-refractivity contribution in [3.05, 3.63) is 72.4 Å². The minimum absolute atomic E-state index is 0.197. The second-order valence-corrected chi connectivity index (χ2v) is 4.89. The molecule has 2 aromatic heterocycles. The van der Waals surface area contributed by atoms with E-state index in [4.69, 9.17) is 8.83 Å². The number of ketones is 1. The third kappa shape index (κ3) is 2.58. The molecule has 7 nitrogen and oxygen atoms in total. The van der Waals surface area contributed by atoms with Crippen molar-refractivity contribution in [3.8, 4) is 22.9 Å². The van der Waals surface area contributed by atoms with Gasteiger partial charge >= 0.3 is 5.78 Å². The van der Waals surface area contributed by atoms with Gasteiger partial charge in [0, 0.05) is 11.1 Å². The molecular formula is C17H10N4O3. The molecular weight excluding hydrogens is 308 g/mol. The highest BCUT2D eigenvalue weighted by Crippen LogP contribution is 2.20. The Labute approximate surface area is 136 Å². The maximum absolute atomic E-state index is 12.3. The van der Waals surface area contributed by atoms with Crippen LogP contribution in [0.5, 0.6) is 0 Å². The highest BCUT2D eigenvalue weighted by Gasteiger charge is 2.24. The van der Waals surface area contributed by atoms with Crippen molar-refractivity contribution in [2.45, 2.75) is 0 Å². The van der Waals surface area contributed by atoms with Crippen molar-refractivity contribution in [3.63, 3.8) is 0 Å². The van der Waals surface area contributed by atoms with E-state index in [1.807, 2.05) is 60.7 Å². The minimum atomic E-state index is -0.612. The second-order valence-electron chi connectivity index (χ2n) is 4.89. The average Bonchev–Trinajstić information content (AvgIpc) is 3.33. The Bertz CT molecular complexity index is 898. The van der Waals surface area contributed by atoms with E-state index in [1.165, 1.54) is 0 Å². The maximum Gasteiger partial charge on any atom is 0.306 e. The Balaban J connectivity index is 1.61. The molecule has 4 aromatic rings. The molecule has 0 saturated heterocycles. The van der Waals surface area contributed by atoms with Crippen molar-refractivity contribution in [1.82, 2.24) is 20.4 Å². The van der Waals surface area contributed by atoms with Crippen LogP contribution in [0.2, 0.25) is 0 Å². The zero-order chi connectivity index (χ0) is 16.4. The molecule has 116 valence electrons. The quantitative estimate of drug-likeness (QED) is 0.534. The summed E-state index contributed by atoms with van der Waals surface area (Å²) in [5.74, 6) is -0.503. The first-order chi connectivity index (χ1) is 11.8. The first kappa shape index (κ1) is 14.0. The van der Waals surface area contributed by atoms with Gasteiger partial charge in [0.1, 0.15) is 0 Å². The van der Waals surface area contributed by atoms with Gasteiger partial charge in [-0.1, -0.05) is 36.4 Å². The molecule has 0 unspecified atom stereocenters. The van der Waals surface area contributed by atoms with Gasteiger partial charge in [-0.15, -0.1) is 20.4 Å². The van der Waals surface area contributed by atoms with Gasteiger partial charge in [0.05, 0.1) is 0 Å². The lowest BCUT2D eigenvalue weighted by Gasteiger charge is -1.92. The predicted molar refractivity (Wildman–Crippen MR) is 82.9 cm³/mol. The Kier molecular flexibility index (Phi) is 3.43. The van der Waals surface area contributed by atoms with Crippen molar-refractivity contribution < 1.29 is 13.6 Å². The summed E-state index contributed by atoms with van der Waals surface area (Å²) in [4.78, 5) is 12.3. The molecule has 0 aliphatic rings. The molecule has 0 N–H and O–H groups in total. The van der Waals surface area contributed by atoms with Crippen LogP contribution in [0.15, 0.2) is 69.5 Å². The van der Waals surface area contributed by atoms with Crippen molar-refractivity contribution in [2.75, 3.05) is 0 Å². The van der Waals surface area contributed by atoms with Gasteiger partial charge < -0.3 is 8.83 Å². The van der Waals surface area contributed by atoms with E-state index in [9.17, 15) is 4.79 Å². The maximum atomic E-state index is 12.3. The Morgan fingerprint density at radius 1 is 0.625 bits per heavy atom. The van der Waals surface area contributed by atoms with Crippen LogP contribution in [0.25, 0.3) is 22.9 Å². The van der Waals surface area contributed by atoms with Crippen LogP contribution in [-0.4, -0.2) is 26.2 Å². The average molecular weight is 318 g/mol. The smallest absolute Gasteiger partial charge is 0.306 e. The van der Waals surface area contributed by atoms with Gasteiger partial charge in [0.15, 0.2) is 0 Å². The van der Waals surface area contributed by atoms with E-state index >= 15 is 0 Å². The summed E-state index contributed by atoms with van der Waals surface area (Å²) in [5, 5.41) is 15.3. The summed E-state index contributed by atoms with van der Waals surface area (Å²) in [6.45, 7) is 0. The number of hydrogen-bond acceptors (Lipinski definition) is 7. The lowest BCUT2D eigenvalue weighted by molar-refractivity contribution is 0.0971. The monoisotopic (exact) mass is 318 g/mol. The molecule has 0 aliphatic carbocycles. The first-order valence-corrected chi connectivity index (χ1v) is 7.14. The van der Waals surface area contributed by atoms with Crippen molar-refractivity contribution in [1.29, 1.82) is 0 Å². The standard InChI is InChI=1S/C17H10N4O3/c22-13(16-20-18-14(23-16)11-7-3-1-4-8-11)17-21-19-15(24-17)12-9-5-2-6-10-12/h1-10H. The molecule has 24 heavy (non-hydrogen) atoms. The molecule has 0 radical (unpaired) electrons. The van der Waals surface area contributed by atoms with Crippen LogP contribution in [0, 0.1) is 0 Å². The SMILES string of the molecule is O=C(c1nnc(-c2ccccc2)o1)c1nnc(-c2ccccc2)o1. The largest absolute Gasteiger partial charge is 0.413 e. The minimum Gasteiger partial charge on any atom is -0.413 e. The van der Waals surface area contributed by atoms with Gasteiger partial charge in [-0.25, -0.2) is 0 Å². The summed E-state index contributed by atoms with van der Waals surface area (Å²) >= 11 is 0. The molecule has 2 heterocycles. The highest BCUT2D eigenvalue weighted by atomic mass is 16.4. The number of hydrogen-bond donors (Lipinski definition) is 0. The predicted octanol–water partition coefficient (Wildman–Crippen LogP) is 3.02. The summed E-state index contributed by atoms with van der Waals surface area (Å²) in [7, 11) is 0. The third-order valence-corrected chi connectivity index (χ3v) is 3.28. The fourth-order valence-electron chi connectivity index (χ4n) is 2.12. The molecule has 0 amide bonds. The number of rotatable bonds is 4. The van der Waals surface area contributed by atoms with Crippen LogP contribution < -0.4 is 0 Å². The lowest BCUT2D eigenvalue weighted by atomic mass is 10.2. The van der Waals surface area contributed by atoms with E-state index in [0.717, 1.165) is 11.1 Å². The van der Waals surface area contributed by atoms with Crippen molar-refractivity contribution in [2.24, 2.45) is 0 Å². The number of aromatic nitrogens is 4. The van der Waals surface area contributed by atoms with Gasteiger partial charge in [0.2, 0.25) is 11.8 Å². The topological polar surface area (TPSA) is 94.9 Å². The summed E-state index contributed by atoms with van der Waals surface area (Å²) in [6.07, 6.45) is 0. The first-order valence-electron chi connectivity index (χ1n) is 7.14. The molecule has 0 bridgehead atoms. The second kappa shape index (κ2) is 5.88. The Morgan fingerprint density at radius 3 is 1.46 bits per heavy atom. The zero-order valence-corrected chi connectivity index (χ0v) is 12.3. The van der Waals surface area contributed by atoms with E-state index in [1.54, 1.807) is 0 Å². The van der Waals surface area contributed by atoms with Gasteiger partial charge in [-0.2, -0.15) is 0 Å². The fourth-order valence-corrected chi connectivity index (χ4v) is 2.12. The van der Waals surface area contributed by atoms with Crippen LogP contribution in [0.4, 0.5) is 0 Å².